The van der Waals surface area contributed by atoms with E-state index in [9.17, 15) is 4.79 Å². The van der Waals surface area contributed by atoms with Gasteiger partial charge < -0.3 is 10.4 Å². The van der Waals surface area contributed by atoms with Crippen molar-refractivity contribution in [1.82, 2.24) is 20.1 Å². The summed E-state index contributed by atoms with van der Waals surface area (Å²) in [7, 11) is 0. The molecule has 2 heterocycles. The molecule has 0 radical (unpaired) electrons. The van der Waals surface area contributed by atoms with Gasteiger partial charge in [0.15, 0.2) is 0 Å². The lowest BCUT2D eigenvalue weighted by molar-refractivity contribution is -0.140. The molecule has 2 N–H and O–H groups in total. The zero-order valence-corrected chi connectivity index (χ0v) is 8.39. The van der Waals surface area contributed by atoms with Gasteiger partial charge in [-0.1, -0.05) is 0 Å². The molecule has 0 spiro atoms. The van der Waals surface area contributed by atoms with E-state index in [2.05, 4.69) is 15.4 Å². The molecular formula is C9H14N4O2. The third-order valence-electron chi connectivity index (χ3n) is 2.92. The van der Waals surface area contributed by atoms with Crippen molar-refractivity contribution in [3.8, 4) is 0 Å². The lowest BCUT2D eigenvalue weighted by Gasteiger charge is -2.36. The number of carbonyl (C=O) groups is 1. The standard InChI is InChI=1S/C9H14N4O2/c14-8(15)5-9(1-3-10-4-2-9)13-7-11-6-12-13/h6-7,10H,1-5H2,(H,14,15). The quantitative estimate of drug-likeness (QED) is 0.724. The second-order valence-electron chi connectivity index (χ2n) is 3.88. The first kappa shape index (κ1) is 10.1. The number of rotatable bonds is 3. The van der Waals surface area contributed by atoms with Crippen LogP contribution in [0.4, 0.5) is 0 Å². The zero-order chi connectivity index (χ0) is 10.7. The van der Waals surface area contributed by atoms with Crippen molar-refractivity contribution in [3.63, 3.8) is 0 Å². The van der Waals surface area contributed by atoms with Crippen molar-refractivity contribution in [1.29, 1.82) is 0 Å². The summed E-state index contributed by atoms with van der Waals surface area (Å²) < 4.78 is 1.70. The molecule has 0 aromatic carbocycles. The van der Waals surface area contributed by atoms with Crippen LogP contribution in [0, 0.1) is 0 Å². The number of nitrogens with one attached hydrogen (secondary N) is 1. The summed E-state index contributed by atoms with van der Waals surface area (Å²) in [5, 5.41) is 16.2. The molecule has 0 unspecified atom stereocenters. The van der Waals surface area contributed by atoms with Crippen molar-refractivity contribution in [2.24, 2.45) is 0 Å². The van der Waals surface area contributed by atoms with Crippen LogP contribution in [0.1, 0.15) is 19.3 Å². The van der Waals surface area contributed by atoms with E-state index in [0.717, 1.165) is 25.9 Å². The topological polar surface area (TPSA) is 80.0 Å². The summed E-state index contributed by atoms with van der Waals surface area (Å²) in [5.41, 5.74) is -0.395. The Labute approximate surface area is 87.3 Å². The van der Waals surface area contributed by atoms with Gasteiger partial charge in [0.1, 0.15) is 12.7 Å². The summed E-state index contributed by atoms with van der Waals surface area (Å²) in [6, 6.07) is 0. The predicted octanol–water partition coefficient (Wildman–Crippen LogP) is -0.169. The fourth-order valence-corrected chi connectivity index (χ4v) is 2.11. The minimum atomic E-state index is -0.785. The van der Waals surface area contributed by atoms with Crippen molar-refractivity contribution in [2.75, 3.05) is 13.1 Å². The molecular weight excluding hydrogens is 196 g/mol. The molecule has 1 saturated heterocycles. The highest BCUT2D eigenvalue weighted by Gasteiger charge is 2.36. The van der Waals surface area contributed by atoms with Crippen LogP contribution in [-0.2, 0) is 10.3 Å². The van der Waals surface area contributed by atoms with E-state index in [4.69, 9.17) is 5.11 Å². The number of nitrogens with zero attached hydrogens (tertiary/aromatic N) is 3. The Morgan fingerprint density at radius 1 is 1.53 bits per heavy atom. The highest BCUT2D eigenvalue weighted by molar-refractivity contribution is 5.68. The molecule has 1 aliphatic rings. The fraction of sp³-hybridized carbons (Fsp3) is 0.667. The molecule has 6 nitrogen and oxygen atoms in total. The van der Waals surface area contributed by atoms with E-state index in [1.807, 2.05) is 0 Å². The highest BCUT2D eigenvalue weighted by Crippen LogP contribution is 2.30. The van der Waals surface area contributed by atoms with Crippen LogP contribution in [0.25, 0.3) is 0 Å². The van der Waals surface area contributed by atoms with Gasteiger partial charge in [0.2, 0.25) is 0 Å². The van der Waals surface area contributed by atoms with Gasteiger partial charge in [-0.3, -0.25) is 4.79 Å². The minimum Gasteiger partial charge on any atom is -0.481 e. The predicted molar refractivity (Wildman–Crippen MR) is 52.4 cm³/mol. The normalized spacial score (nSPS) is 20.0. The monoisotopic (exact) mass is 210 g/mol. The molecule has 2 rings (SSSR count). The minimum absolute atomic E-state index is 0.109. The first-order valence-corrected chi connectivity index (χ1v) is 5.01. The van der Waals surface area contributed by atoms with Gasteiger partial charge in [0.05, 0.1) is 12.0 Å². The molecule has 0 saturated carbocycles. The SMILES string of the molecule is O=C(O)CC1(n2cncn2)CCNCC1. The van der Waals surface area contributed by atoms with E-state index in [1.165, 1.54) is 6.33 Å². The van der Waals surface area contributed by atoms with E-state index in [1.54, 1.807) is 11.0 Å². The number of piperidine rings is 1. The third kappa shape index (κ3) is 1.99. The Bertz CT molecular complexity index is 330. The van der Waals surface area contributed by atoms with E-state index >= 15 is 0 Å². The van der Waals surface area contributed by atoms with E-state index in [-0.39, 0.29) is 6.42 Å². The molecule has 1 aliphatic heterocycles. The number of hydrogen-bond donors (Lipinski definition) is 2. The number of aromatic nitrogens is 3. The Balaban J connectivity index is 2.25. The Kier molecular flexibility index (Phi) is 2.68. The number of hydrogen-bond acceptors (Lipinski definition) is 4. The molecule has 1 aromatic heterocycles. The van der Waals surface area contributed by atoms with Crippen molar-refractivity contribution in [2.45, 2.75) is 24.8 Å². The smallest absolute Gasteiger partial charge is 0.305 e. The van der Waals surface area contributed by atoms with Gasteiger partial charge in [0, 0.05) is 0 Å². The number of carboxylic acids is 1. The molecule has 0 bridgehead atoms. The van der Waals surface area contributed by atoms with Crippen LogP contribution in [0.15, 0.2) is 12.7 Å². The first-order chi connectivity index (χ1) is 7.23. The van der Waals surface area contributed by atoms with Gasteiger partial charge in [-0.2, -0.15) is 5.10 Å². The van der Waals surface area contributed by atoms with Crippen LogP contribution < -0.4 is 5.32 Å². The van der Waals surface area contributed by atoms with Crippen LogP contribution in [-0.4, -0.2) is 38.9 Å². The van der Waals surface area contributed by atoms with Gasteiger partial charge in [-0.25, -0.2) is 9.67 Å². The van der Waals surface area contributed by atoms with Gasteiger partial charge in [-0.15, -0.1) is 0 Å². The van der Waals surface area contributed by atoms with E-state index in [0.29, 0.717) is 0 Å². The molecule has 6 heteroatoms. The second kappa shape index (κ2) is 3.98. The maximum absolute atomic E-state index is 10.9. The summed E-state index contributed by atoms with van der Waals surface area (Å²) in [5.74, 6) is -0.785. The molecule has 0 amide bonds. The summed E-state index contributed by atoms with van der Waals surface area (Å²) in [6.07, 6.45) is 4.73. The fourth-order valence-electron chi connectivity index (χ4n) is 2.11. The zero-order valence-electron chi connectivity index (χ0n) is 8.39. The van der Waals surface area contributed by atoms with Crippen LogP contribution >= 0.6 is 0 Å². The summed E-state index contributed by atoms with van der Waals surface area (Å²) in [6.45, 7) is 1.65. The second-order valence-corrected chi connectivity index (χ2v) is 3.88. The number of aliphatic carboxylic acids is 1. The van der Waals surface area contributed by atoms with Gasteiger partial charge >= 0.3 is 5.97 Å². The molecule has 1 fully saturated rings. The third-order valence-corrected chi connectivity index (χ3v) is 2.92. The first-order valence-electron chi connectivity index (χ1n) is 5.01. The largest absolute Gasteiger partial charge is 0.481 e. The Morgan fingerprint density at radius 3 is 2.80 bits per heavy atom. The molecule has 0 aliphatic carbocycles. The maximum atomic E-state index is 10.9. The maximum Gasteiger partial charge on any atom is 0.305 e. The molecule has 1 aromatic rings. The summed E-state index contributed by atoms with van der Waals surface area (Å²) >= 11 is 0. The van der Waals surface area contributed by atoms with Gasteiger partial charge in [-0.05, 0) is 25.9 Å². The lowest BCUT2D eigenvalue weighted by Crippen LogP contribution is -2.45. The highest BCUT2D eigenvalue weighted by atomic mass is 16.4. The van der Waals surface area contributed by atoms with Crippen molar-refractivity contribution in [3.05, 3.63) is 12.7 Å². The lowest BCUT2D eigenvalue weighted by atomic mass is 9.85. The summed E-state index contributed by atoms with van der Waals surface area (Å²) in [4.78, 5) is 14.8. The number of carboxylic acid groups (broad SMARTS) is 1. The van der Waals surface area contributed by atoms with E-state index < -0.39 is 11.5 Å². The van der Waals surface area contributed by atoms with Gasteiger partial charge in [0.25, 0.3) is 0 Å². The average Bonchev–Trinajstić information content (AvgIpc) is 2.71. The van der Waals surface area contributed by atoms with Crippen LogP contribution in [0.5, 0.6) is 0 Å². The Morgan fingerprint density at radius 2 is 2.27 bits per heavy atom. The van der Waals surface area contributed by atoms with Crippen molar-refractivity contribution >= 4 is 5.97 Å². The molecule has 0 atom stereocenters. The average molecular weight is 210 g/mol. The van der Waals surface area contributed by atoms with Crippen LogP contribution in [0.2, 0.25) is 0 Å². The Hall–Kier alpha value is -1.43. The van der Waals surface area contributed by atoms with Crippen molar-refractivity contribution < 1.29 is 9.90 Å². The molecule has 15 heavy (non-hydrogen) atoms. The van der Waals surface area contributed by atoms with Crippen LogP contribution in [0.3, 0.4) is 0 Å². The molecule has 82 valence electrons.